The molecule has 0 amide bonds. The van der Waals surface area contributed by atoms with Crippen LogP contribution in [-0.2, 0) is 13.2 Å². The molecule has 0 spiro atoms. The van der Waals surface area contributed by atoms with Crippen LogP contribution in [0.25, 0.3) is 0 Å². The highest BCUT2D eigenvalue weighted by Gasteiger charge is 2.04. The summed E-state index contributed by atoms with van der Waals surface area (Å²) >= 11 is 1.73. The summed E-state index contributed by atoms with van der Waals surface area (Å²) in [6.07, 6.45) is 0. The normalized spacial score (nSPS) is 10.5. The maximum absolute atomic E-state index is 9.14. The van der Waals surface area contributed by atoms with Crippen molar-refractivity contribution in [2.45, 2.75) is 20.1 Å². The summed E-state index contributed by atoms with van der Waals surface area (Å²) in [6, 6.07) is 8.33. The molecule has 0 aliphatic rings. The Morgan fingerprint density at radius 3 is 2.71 bits per heavy atom. The largest absolute Gasteiger partial charge is 0.392 e. The van der Waals surface area contributed by atoms with Crippen molar-refractivity contribution in [3.05, 3.63) is 51.7 Å². The number of thiophene rings is 1. The van der Waals surface area contributed by atoms with Crippen molar-refractivity contribution < 1.29 is 5.11 Å². The average molecular weight is 247 g/mol. The smallest absolute Gasteiger partial charge is 0.0684 e. The van der Waals surface area contributed by atoms with Gasteiger partial charge in [0.2, 0.25) is 0 Å². The third kappa shape index (κ3) is 2.87. The van der Waals surface area contributed by atoms with Gasteiger partial charge in [0, 0.05) is 19.3 Å². The van der Waals surface area contributed by atoms with Crippen molar-refractivity contribution in [1.82, 2.24) is 0 Å². The van der Waals surface area contributed by atoms with Gasteiger partial charge >= 0.3 is 0 Å². The number of hydrogen-bond donors (Lipinski definition) is 1. The number of benzene rings is 1. The molecule has 0 bridgehead atoms. The lowest BCUT2D eigenvalue weighted by Gasteiger charge is -2.20. The van der Waals surface area contributed by atoms with Gasteiger partial charge in [0.1, 0.15) is 0 Å². The number of nitrogens with zero attached hydrogens (tertiary/aromatic N) is 1. The van der Waals surface area contributed by atoms with E-state index in [0.29, 0.717) is 0 Å². The molecule has 0 aliphatic carbocycles. The van der Waals surface area contributed by atoms with Crippen molar-refractivity contribution in [2.24, 2.45) is 0 Å². The Hall–Kier alpha value is -1.32. The Labute approximate surface area is 106 Å². The molecule has 0 fully saturated rings. The van der Waals surface area contributed by atoms with Crippen LogP contribution in [0.1, 0.15) is 16.7 Å². The third-order valence-electron chi connectivity index (χ3n) is 2.94. The zero-order chi connectivity index (χ0) is 12.3. The van der Waals surface area contributed by atoms with Crippen molar-refractivity contribution in [1.29, 1.82) is 0 Å². The molecule has 0 saturated carbocycles. The summed E-state index contributed by atoms with van der Waals surface area (Å²) in [7, 11) is 2.09. The molecule has 0 radical (unpaired) electrons. The second-order valence-electron chi connectivity index (χ2n) is 4.26. The van der Waals surface area contributed by atoms with Gasteiger partial charge in [-0.1, -0.05) is 6.07 Å². The molecular weight excluding hydrogens is 230 g/mol. The fourth-order valence-corrected chi connectivity index (χ4v) is 2.50. The molecular formula is C14H17NOS. The van der Waals surface area contributed by atoms with Gasteiger partial charge in [0.05, 0.1) is 6.61 Å². The Morgan fingerprint density at radius 1 is 1.29 bits per heavy atom. The summed E-state index contributed by atoms with van der Waals surface area (Å²) in [6.45, 7) is 3.06. The number of aryl methyl sites for hydroxylation is 1. The summed E-state index contributed by atoms with van der Waals surface area (Å²) in [5.74, 6) is 0. The summed E-state index contributed by atoms with van der Waals surface area (Å²) in [5, 5.41) is 13.4. The van der Waals surface area contributed by atoms with E-state index in [-0.39, 0.29) is 6.61 Å². The minimum atomic E-state index is 0.111. The van der Waals surface area contributed by atoms with Crippen molar-refractivity contribution in [3.8, 4) is 0 Å². The van der Waals surface area contributed by atoms with Crippen LogP contribution < -0.4 is 4.90 Å². The zero-order valence-electron chi connectivity index (χ0n) is 10.2. The van der Waals surface area contributed by atoms with Gasteiger partial charge in [-0.15, -0.1) is 0 Å². The Balaban J connectivity index is 2.14. The highest BCUT2D eigenvalue weighted by molar-refractivity contribution is 7.07. The zero-order valence-corrected chi connectivity index (χ0v) is 11.0. The van der Waals surface area contributed by atoms with Crippen molar-refractivity contribution in [2.75, 3.05) is 11.9 Å². The third-order valence-corrected chi connectivity index (χ3v) is 3.67. The minimum absolute atomic E-state index is 0.111. The first-order valence-corrected chi connectivity index (χ1v) is 6.57. The lowest BCUT2D eigenvalue weighted by Crippen LogP contribution is -2.16. The van der Waals surface area contributed by atoms with Crippen molar-refractivity contribution >= 4 is 17.0 Å². The van der Waals surface area contributed by atoms with Crippen LogP contribution in [0.3, 0.4) is 0 Å². The van der Waals surface area contributed by atoms with Crippen LogP contribution in [0.5, 0.6) is 0 Å². The quantitative estimate of drug-likeness (QED) is 0.897. The fourth-order valence-electron chi connectivity index (χ4n) is 1.84. The molecule has 0 unspecified atom stereocenters. The molecule has 3 heteroatoms. The van der Waals surface area contributed by atoms with E-state index < -0.39 is 0 Å². The summed E-state index contributed by atoms with van der Waals surface area (Å²) in [4.78, 5) is 2.22. The molecule has 2 rings (SSSR count). The SMILES string of the molecule is Cc1cc(N(C)Cc2ccsc2)ccc1CO. The van der Waals surface area contributed by atoms with Crippen LogP contribution in [0.4, 0.5) is 5.69 Å². The maximum Gasteiger partial charge on any atom is 0.0684 e. The van der Waals surface area contributed by atoms with E-state index in [1.807, 2.05) is 13.0 Å². The molecule has 1 aromatic carbocycles. The van der Waals surface area contributed by atoms with Crippen LogP contribution in [-0.4, -0.2) is 12.2 Å². The predicted molar refractivity (Wildman–Crippen MR) is 73.5 cm³/mol. The first-order chi connectivity index (χ1) is 8.20. The number of rotatable bonds is 4. The van der Waals surface area contributed by atoms with Gasteiger partial charge in [0.15, 0.2) is 0 Å². The standard InChI is InChI=1S/C14H17NOS/c1-11-7-14(4-3-13(11)9-16)15(2)8-12-5-6-17-10-12/h3-7,10,16H,8-9H2,1-2H3. The molecule has 0 saturated heterocycles. The Kier molecular flexibility index (Phi) is 3.82. The topological polar surface area (TPSA) is 23.5 Å². The maximum atomic E-state index is 9.14. The van der Waals surface area contributed by atoms with Gasteiger partial charge in [-0.25, -0.2) is 0 Å². The van der Waals surface area contributed by atoms with E-state index in [9.17, 15) is 0 Å². The number of anilines is 1. The average Bonchev–Trinajstić information content (AvgIpc) is 2.81. The first kappa shape index (κ1) is 12.1. The van der Waals surface area contributed by atoms with Crippen LogP contribution in [0.2, 0.25) is 0 Å². The van der Waals surface area contributed by atoms with Gasteiger partial charge in [-0.3, -0.25) is 0 Å². The Morgan fingerprint density at radius 2 is 2.12 bits per heavy atom. The molecule has 2 nitrogen and oxygen atoms in total. The molecule has 1 N–H and O–H groups in total. The lowest BCUT2D eigenvalue weighted by atomic mass is 10.1. The highest BCUT2D eigenvalue weighted by Crippen LogP contribution is 2.20. The lowest BCUT2D eigenvalue weighted by molar-refractivity contribution is 0.281. The summed E-state index contributed by atoms with van der Waals surface area (Å²) < 4.78 is 0. The highest BCUT2D eigenvalue weighted by atomic mass is 32.1. The van der Waals surface area contributed by atoms with Crippen LogP contribution in [0, 0.1) is 6.92 Å². The second-order valence-corrected chi connectivity index (χ2v) is 5.04. The van der Waals surface area contributed by atoms with Gasteiger partial charge < -0.3 is 10.0 Å². The predicted octanol–water partition coefficient (Wildman–Crippen LogP) is 3.19. The first-order valence-electron chi connectivity index (χ1n) is 5.63. The summed E-state index contributed by atoms with van der Waals surface area (Å²) in [5.41, 5.74) is 4.66. The van der Waals surface area contributed by atoms with E-state index in [1.54, 1.807) is 11.3 Å². The van der Waals surface area contributed by atoms with E-state index in [4.69, 9.17) is 5.11 Å². The number of aliphatic hydroxyl groups excluding tert-OH is 1. The van der Waals surface area contributed by atoms with E-state index in [2.05, 4.69) is 40.9 Å². The number of hydrogen-bond acceptors (Lipinski definition) is 3. The van der Waals surface area contributed by atoms with Crippen molar-refractivity contribution in [3.63, 3.8) is 0 Å². The van der Waals surface area contributed by atoms with E-state index in [0.717, 1.165) is 17.7 Å². The second kappa shape index (κ2) is 5.34. The fraction of sp³-hybridized carbons (Fsp3) is 0.286. The minimum Gasteiger partial charge on any atom is -0.392 e. The molecule has 1 heterocycles. The molecule has 2 aromatic rings. The Bertz CT molecular complexity index is 479. The van der Waals surface area contributed by atoms with Crippen LogP contribution >= 0.6 is 11.3 Å². The number of aliphatic hydroxyl groups is 1. The monoisotopic (exact) mass is 247 g/mol. The molecule has 90 valence electrons. The van der Waals surface area contributed by atoms with E-state index in [1.165, 1.54) is 11.3 Å². The molecule has 0 aliphatic heterocycles. The van der Waals surface area contributed by atoms with E-state index >= 15 is 0 Å². The van der Waals surface area contributed by atoms with Crippen LogP contribution in [0.15, 0.2) is 35.0 Å². The van der Waals surface area contributed by atoms with Gasteiger partial charge in [-0.05, 0) is 52.6 Å². The molecule has 17 heavy (non-hydrogen) atoms. The molecule has 1 aromatic heterocycles. The molecule has 0 atom stereocenters. The van der Waals surface area contributed by atoms with Gasteiger partial charge in [-0.2, -0.15) is 11.3 Å². The van der Waals surface area contributed by atoms with Gasteiger partial charge in [0.25, 0.3) is 0 Å².